The smallest absolute Gasteiger partial charge is 0.0973 e. The van der Waals surface area contributed by atoms with Crippen LogP contribution in [-0.2, 0) is 0 Å². The van der Waals surface area contributed by atoms with E-state index in [0.29, 0.717) is 0 Å². The fraction of sp³-hybridized carbons (Fsp3) is 0. The van der Waals surface area contributed by atoms with E-state index in [1.165, 1.54) is 38.2 Å². The third-order valence-electron chi connectivity index (χ3n) is 8.91. The lowest BCUT2D eigenvalue weighted by Gasteiger charge is -2.15. The van der Waals surface area contributed by atoms with Crippen molar-refractivity contribution in [3.05, 3.63) is 164 Å². The zero-order valence-electron chi connectivity index (χ0n) is 24.9. The molecule has 7 aromatic carbocycles. The van der Waals surface area contributed by atoms with Crippen LogP contribution in [0.15, 0.2) is 164 Å². The number of hydrogen-bond donors (Lipinski definition) is 0. The maximum Gasteiger partial charge on any atom is 0.0973 e. The van der Waals surface area contributed by atoms with E-state index in [9.17, 15) is 0 Å². The quantitative estimate of drug-likeness (QED) is 0.193. The number of pyridine rings is 1. The van der Waals surface area contributed by atoms with Crippen LogP contribution in [0.1, 0.15) is 0 Å². The van der Waals surface area contributed by atoms with Crippen LogP contribution in [0.2, 0.25) is 0 Å². The summed E-state index contributed by atoms with van der Waals surface area (Å²) in [7, 11) is 0. The average molecular weight is 586 g/mol. The maximum atomic E-state index is 5.10. The molecular formula is C43H27N3. The van der Waals surface area contributed by atoms with Gasteiger partial charge in [-0.2, -0.15) is 0 Å². The Hall–Kier alpha value is -6.19. The molecule has 0 spiro atoms. The Bertz CT molecular complexity index is 2570. The zero-order chi connectivity index (χ0) is 30.5. The van der Waals surface area contributed by atoms with Crippen LogP contribution in [0.25, 0.3) is 88.2 Å². The highest BCUT2D eigenvalue weighted by Gasteiger charge is 2.16. The lowest BCUT2D eigenvalue weighted by Crippen LogP contribution is -1.95. The van der Waals surface area contributed by atoms with Gasteiger partial charge < -0.3 is 0 Å². The van der Waals surface area contributed by atoms with Gasteiger partial charge >= 0.3 is 0 Å². The fourth-order valence-corrected chi connectivity index (χ4v) is 6.73. The highest BCUT2D eigenvalue weighted by molar-refractivity contribution is 6.16. The van der Waals surface area contributed by atoms with Gasteiger partial charge in [0.15, 0.2) is 0 Å². The molecule has 0 fully saturated rings. The van der Waals surface area contributed by atoms with Crippen molar-refractivity contribution in [3.63, 3.8) is 0 Å². The van der Waals surface area contributed by atoms with Crippen molar-refractivity contribution >= 4 is 43.5 Å². The predicted octanol–water partition coefficient (Wildman–Crippen LogP) is 11.2. The molecule has 2 aromatic heterocycles. The van der Waals surface area contributed by atoms with Crippen LogP contribution in [0.4, 0.5) is 0 Å². The van der Waals surface area contributed by atoms with Crippen molar-refractivity contribution in [1.29, 1.82) is 0 Å². The van der Waals surface area contributed by atoms with Gasteiger partial charge in [-0.1, -0.05) is 133 Å². The molecule has 2 heterocycles. The van der Waals surface area contributed by atoms with Crippen molar-refractivity contribution in [3.8, 4) is 44.8 Å². The van der Waals surface area contributed by atoms with Crippen molar-refractivity contribution in [2.45, 2.75) is 0 Å². The summed E-state index contributed by atoms with van der Waals surface area (Å²) in [6, 6.07) is 55.5. The lowest BCUT2D eigenvalue weighted by atomic mass is 9.89. The first-order valence-electron chi connectivity index (χ1n) is 15.5. The second kappa shape index (κ2) is 10.8. The van der Waals surface area contributed by atoms with Gasteiger partial charge in [-0.15, -0.1) is 0 Å². The highest BCUT2D eigenvalue weighted by atomic mass is 14.8. The van der Waals surface area contributed by atoms with Gasteiger partial charge in [-0.3, -0.25) is 4.98 Å². The van der Waals surface area contributed by atoms with Gasteiger partial charge in [-0.25, -0.2) is 9.97 Å². The minimum atomic E-state index is 0.884. The Kier molecular flexibility index (Phi) is 6.14. The van der Waals surface area contributed by atoms with Crippen molar-refractivity contribution in [1.82, 2.24) is 15.0 Å². The van der Waals surface area contributed by atoms with E-state index in [0.717, 1.165) is 50.0 Å². The Morgan fingerprint density at radius 3 is 1.57 bits per heavy atom. The van der Waals surface area contributed by atoms with E-state index in [1.54, 1.807) is 0 Å². The van der Waals surface area contributed by atoms with Crippen LogP contribution in [0, 0.1) is 0 Å². The minimum absolute atomic E-state index is 0.884. The molecule has 46 heavy (non-hydrogen) atoms. The molecule has 0 aliphatic rings. The van der Waals surface area contributed by atoms with Gasteiger partial charge in [0.25, 0.3) is 0 Å². The van der Waals surface area contributed by atoms with Crippen molar-refractivity contribution in [2.75, 3.05) is 0 Å². The highest BCUT2D eigenvalue weighted by Crippen LogP contribution is 2.41. The monoisotopic (exact) mass is 585 g/mol. The average Bonchev–Trinajstić information content (AvgIpc) is 3.14. The molecular weight excluding hydrogens is 558 g/mol. The molecule has 9 rings (SSSR count). The van der Waals surface area contributed by atoms with Crippen LogP contribution in [0.5, 0.6) is 0 Å². The van der Waals surface area contributed by atoms with E-state index in [2.05, 4.69) is 109 Å². The predicted molar refractivity (Wildman–Crippen MR) is 192 cm³/mol. The summed E-state index contributed by atoms with van der Waals surface area (Å²) >= 11 is 0. The second-order valence-electron chi connectivity index (χ2n) is 11.6. The molecule has 0 saturated heterocycles. The van der Waals surface area contributed by atoms with Crippen LogP contribution in [0.3, 0.4) is 0 Å². The van der Waals surface area contributed by atoms with Gasteiger partial charge in [-0.05, 0) is 62.7 Å². The van der Waals surface area contributed by atoms with Gasteiger partial charge in [0.1, 0.15) is 0 Å². The summed E-state index contributed by atoms with van der Waals surface area (Å²) in [5.74, 6) is 0. The summed E-state index contributed by atoms with van der Waals surface area (Å²) < 4.78 is 0. The van der Waals surface area contributed by atoms with Crippen molar-refractivity contribution < 1.29 is 0 Å². The molecule has 214 valence electrons. The molecule has 0 aliphatic heterocycles. The van der Waals surface area contributed by atoms with Crippen molar-refractivity contribution in [2.24, 2.45) is 0 Å². The zero-order valence-corrected chi connectivity index (χ0v) is 24.9. The fourth-order valence-electron chi connectivity index (χ4n) is 6.73. The van der Waals surface area contributed by atoms with Gasteiger partial charge in [0.05, 0.1) is 27.9 Å². The number of nitrogens with zero attached hydrogens (tertiary/aromatic N) is 3. The molecule has 0 unspecified atom stereocenters. The first-order valence-corrected chi connectivity index (χ1v) is 15.5. The normalized spacial score (nSPS) is 11.5. The molecule has 9 aromatic rings. The van der Waals surface area contributed by atoms with E-state index in [-0.39, 0.29) is 0 Å². The topological polar surface area (TPSA) is 38.7 Å². The Balaban J connectivity index is 1.18. The first kappa shape index (κ1) is 26.2. The molecule has 3 heteroatoms. The summed E-state index contributed by atoms with van der Waals surface area (Å²) in [6.07, 6.45) is 1.87. The molecule has 0 amide bonds. The first-order chi connectivity index (χ1) is 22.8. The summed E-state index contributed by atoms with van der Waals surface area (Å²) in [5.41, 5.74) is 11.5. The van der Waals surface area contributed by atoms with Crippen LogP contribution < -0.4 is 0 Å². The minimum Gasteiger partial charge on any atom is -0.256 e. The third-order valence-corrected chi connectivity index (χ3v) is 8.91. The van der Waals surface area contributed by atoms with Gasteiger partial charge in [0, 0.05) is 28.1 Å². The molecule has 0 atom stereocenters. The van der Waals surface area contributed by atoms with E-state index in [1.807, 2.05) is 54.7 Å². The van der Waals surface area contributed by atoms with E-state index in [4.69, 9.17) is 15.0 Å². The Labute approximate surface area is 266 Å². The molecule has 0 aliphatic carbocycles. The number of rotatable bonds is 4. The summed E-state index contributed by atoms with van der Waals surface area (Å²) in [4.78, 5) is 14.9. The number of fused-ring (bicyclic) bond motifs is 5. The van der Waals surface area contributed by atoms with Crippen LogP contribution in [-0.4, -0.2) is 15.0 Å². The van der Waals surface area contributed by atoms with Crippen LogP contribution >= 0.6 is 0 Å². The number of aromatic nitrogens is 3. The molecule has 0 bridgehead atoms. The molecule has 3 nitrogen and oxygen atoms in total. The van der Waals surface area contributed by atoms with E-state index < -0.39 is 0 Å². The second-order valence-corrected chi connectivity index (χ2v) is 11.6. The molecule has 0 saturated carbocycles. The molecule has 0 radical (unpaired) electrons. The summed E-state index contributed by atoms with van der Waals surface area (Å²) in [6.45, 7) is 0. The third kappa shape index (κ3) is 4.33. The summed E-state index contributed by atoms with van der Waals surface area (Å²) in [5, 5.41) is 5.97. The Morgan fingerprint density at radius 2 is 0.870 bits per heavy atom. The number of benzene rings is 7. The largest absolute Gasteiger partial charge is 0.256 e. The van der Waals surface area contributed by atoms with E-state index >= 15 is 0 Å². The Morgan fingerprint density at radius 1 is 0.348 bits per heavy atom. The molecule has 0 N–H and O–H groups in total. The standard InChI is InChI=1S/C43H27N3/c1-2-11-29(12-3-1)42-43(46-40-19-9-8-18-39(40)45-42)30-22-20-28(21-23-30)32-24-25-36(34-15-5-4-14-33(32)34)38-27-31-13-10-26-44-41(31)37-17-7-6-16-35(37)38/h1-27H. The van der Waals surface area contributed by atoms with Gasteiger partial charge in [0.2, 0.25) is 0 Å². The number of para-hydroxylation sites is 2. The number of hydrogen-bond acceptors (Lipinski definition) is 3. The maximum absolute atomic E-state index is 5.10. The lowest BCUT2D eigenvalue weighted by molar-refractivity contribution is 1.29. The SMILES string of the molecule is c1ccc(-c2nc3ccccc3nc2-c2ccc(-c3ccc(-c4cc5cccnc5c5ccccc45)c4ccccc34)cc2)cc1.